The first-order valence-electron chi connectivity index (χ1n) is 5.63. The van der Waals surface area contributed by atoms with Gasteiger partial charge in [-0.15, -0.1) is 16.8 Å². The second kappa shape index (κ2) is 5.64. The van der Waals surface area contributed by atoms with Gasteiger partial charge in [-0.05, 0) is 6.42 Å². The molecule has 1 aliphatic rings. The van der Waals surface area contributed by atoms with Crippen LogP contribution in [0, 0.1) is 5.92 Å². The van der Waals surface area contributed by atoms with E-state index in [2.05, 4.69) is 23.7 Å². The van der Waals surface area contributed by atoms with Gasteiger partial charge in [0, 0.05) is 24.6 Å². The molecule has 17 heavy (non-hydrogen) atoms. The summed E-state index contributed by atoms with van der Waals surface area (Å²) in [4.78, 5) is 13.5. The van der Waals surface area contributed by atoms with Crippen molar-refractivity contribution in [1.29, 1.82) is 0 Å². The Kier molecular flexibility index (Phi) is 4.17. The Morgan fingerprint density at radius 2 is 2.47 bits per heavy atom. The van der Waals surface area contributed by atoms with Gasteiger partial charge in [0.2, 0.25) is 11.0 Å². The van der Waals surface area contributed by atoms with Crippen LogP contribution in [-0.2, 0) is 4.79 Å². The van der Waals surface area contributed by atoms with Crippen molar-refractivity contribution < 1.29 is 4.79 Å². The third-order valence-corrected chi connectivity index (χ3v) is 4.83. The molecule has 1 aromatic heterocycles. The average molecular weight is 269 g/mol. The highest BCUT2D eigenvalue weighted by Crippen LogP contribution is 2.32. The van der Waals surface area contributed by atoms with Gasteiger partial charge in [-0.3, -0.25) is 9.69 Å². The lowest BCUT2D eigenvalue weighted by Crippen LogP contribution is -2.24. The first-order valence-corrected chi connectivity index (χ1v) is 7.44. The fraction of sp³-hybridized carbons (Fsp3) is 0.545. The van der Waals surface area contributed by atoms with Crippen molar-refractivity contribution >= 4 is 34.1 Å². The maximum Gasteiger partial charge on any atom is 0.229 e. The van der Waals surface area contributed by atoms with Gasteiger partial charge in [0.1, 0.15) is 0 Å². The van der Waals surface area contributed by atoms with E-state index >= 15 is 0 Å². The normalized spacial score (nSPS) is 19.9. The first kappa shape index (κ1) is 12.6. The number of hydrogen-bond acceptors (Lipinski definition) is 5. The van der Waals surface area contributed by atoms with Gasteiger partial charge >= 0.3 is 0 Å². The molecule has 92 valence electrons. The van der Waals surface area contributed by atoms with E-state index in [-0.39, 0.29) is 11.8 Å². The summed E-state index contributed by atoms with van der Waals surface area (Å²) >= 11 is 3.19. The van der Waals surface area contributed by atoms with E-state index in [1.807, 2.05) is 6.08 Å². The van der Waals surface area contributed by atoms with Crippen LogP contribution in [0.2, 0.25) is 0 Å². The molecule has 1 fully saturated rings. The molecular formula is C11H15N3OS2. The topological polar surface area (TPSA) is 46.1 Å². The standard InChI is InChI=1S/C11H15N3OS2/c1-3-5-16-11-13-12-10(17-11)14-7-8(4-2)6-9(14)15/h4,8H,2-3,5-7H2,1H3. The van der Waals surface area contributed by atoms with E-state index in [1.165, 1.54) is 11.3 Å². The molecule has 1 aliphatic heterocycles. The first-order chi connectivity index (χ1) is 8.24. The summed E-state index contributed by atoms with van der Waals surface area (Å²) in [6.45, 7) is 6.56. The van der Waals surface area contributed by atoms with Crippen molar-refractivity contribution in [1.82, 2.24) is 10.2 Å². The van der Waals surface area contributed by atoms with Crippen molar-refractivity contribution in [2.75, 3.05) is 17.2 Å². The van der Waals surface area contributed by atoms with Crippen molar-refractivity contribution in [2.24, 2.45) is 5.92 Å². The molecule has 0 N–H and O–H groups in total. The summed E-state index contributed by atoms with van der Waals surface area (Å²) < 4.78 is 0.941. The van der Waals surface area contributed by atoms with E-state index in [0.29, 0.717) is 13.0 Å². The number of carbonyl (C=O) groups excluding carboxylic acids is 1. The van der Waals surface area contributed by atoms with E-state index in [0.717, 1.165) is 21.6 Å². The average Bonchev–Trinajstić information content (AvgIpc) is 2.92. The smallest absolute Gasteiger partial charge is 0.229 e. The fourth-order valence-electron chi connectivity index (χ4n) is 1.64. The van der Waals surface area contributed by atoms with Gasteiger partial charge in [0.05, 0.1) is 0 Å². The molecule has 1 atom stereocenters. The highest BCUT2D eigenvalue weighted by Gasteiger charge is 2.30. The Bertz CT molecular complexity index is 419. The fourth-order valence-corrected chi connectivity index (χ4v) is 3.43. The van der Waals surface area contributed by atoms with E-state index in [1.54, 1.807) is 16.7 Å². The number of rotatable bonds is 5. The minimum Gasteiger partial charge on any atom is -0.286 e. The quantitative estimate of drug-likeness (QED) is 0.468. The van der Waals surface area contributed by atoms with Gasteiger partial charge in [0.15, 0.2) is 4.34 Å². The molecule has 2 heterocycles. The van der Waals surface area contributed by atoms with Crippen LogP contribution < -0.4 is 4.90 Å². The van der Waals surface area contributed by atoms with E-state index in [9.17, 15) is 4.79 Å². The summed E-state index contributed by atoms with van der Waals surface area (Å²) in [5.41, 5.74) is 0. The molecule has 1 unspecified atom stereocenters. The molecule has 6 heteroatoms. The molecular weight excluding hydrogens is 254 g/mol. The summed E-state index contributed by atoms with van der Waals surface area (Å²) in [5, 5.41) is 8.90. The number of anilines is 1. The molecule has 0 bridgehead atoms. The molecule has 0 aromatic carbocycles. The van der Waals surface area contributed by atoms with Crippen LogP contribution in [0.25, 0.3) is 0 Å². The largest absolute Gasteiger partial charge is 0.286 e. The predicted octanol–water partition coefficient (Wildman–Crippen LogP) is 2.58. The van der Waals surface area contributed by atoms with Gasteiger partial charge < -0.3 is 0 Å². The molecule has 4 nitrogen and oxygen atoms in total. The second-order valence-corrected chi connectivity index (χ2v) is 6.20. The number of nitrogens with zero attached hydrogens (tertiary/aromatic N) is 3. The van der Waals surface area contributed by atoms with Gasteiger partial charge in [-0.25, -0.2) is 0 Å². The summed E-state index contributed by atoms with van der Waals surface area (Å²) in [6.07, 6.45) is 3.49. The highest BCUT2D eigenvalue weighted by molar-refractivity contribution is 8.01. The Morgan fingerprint density at radius 3 is 3.12 bits per heavy atom. The Balaban J connectivity index is 2.04. The zero-order valence-corrected chi connectivity index (χ0v) is 11.4. The third-order valence-electron chi connectivity index (χ3n) is 2.54. The molecule has 0 radical (unpaired) electrons. The number of carbonyl (C=O) groups is 1. The summed E-state index contributed by atoms with van der Waals surface area (Å²) in [7, 11) is 0. The van der Waals surface area contributed by atoms with Gasteiger partial charge in [-0.1, -0.05) is 36.1 Å². The predicted molar refractivity (Wildman–Crippen MR) is 71.6 cm³/mol. The molecule has 0 aliphatic carbocycles. The van der Waals surface area contributed by atoms with Crippen LogP contribution in [0.3, 0.4) is 0 Å². The Hall–Kier alpha value is -0.880. The number of thioether (sulfide) groups is 1. The van der Waals surface area contributed by atoms with E-state index in [4.69, 9.17) is 0 Å². The van der Waals surface area contributed by atoms with Crippen LogP contribution in [0.1, 0.15) is 19.8 Å². The molecule has 0 spiro atoms. The zero-order valence-electron chi connectivity index (χ0n) is 9.76. The van der Waals surface area contributed by atoms with Crippen molar-refractivity contribution in [3.8, 4) is 0 Å². The lowest BCUT2D eigenvalue weighted by molar-refractivity contribution is -0.117. The van der Waals surface area contributed by atoms with Crippen molar-refractivity contribution in [3.63, 3.8) is 0 Å². The zero-order chi connectivity index (χ0) is 12.3. The number of aromatic nitrogens is 2. The van der Waals surface area contributed by atoms with Gasteiger partial charge in [0.25, 0.3) is 0 Å². The maximum atomic E-state index is 11.8. The van der Waals surface area contributed by atoms with Crippen molar-refractivity contribution in [3.05, 3.63) is 12.7 Å². The minimum atomic E-state index is 0.123. The lowest BCUT2D eigenvalue weighted by Gasteiger charge is -2.10. The van der Waals surface area contributed by atoms with Crippen LogP contribution in [-0.4, -0.2) is 28.4 Å². The van der Waals surface area contributed by atoms with Crippen LogP contribution in [0.5, 0.6) is 0 Å². The van der Waals surface area contributed by atoms with Crippen molar-refractivity contribution in [2.45, 2.75) is 24.1 Å². The molecule has 2 rings (SSSR count). The second-order valence-electron chi connectivity index (χ2n) is 3.90. The number of hydrogen-bond donors (Lipinski definition) is 0. The third kappa shape index (κ3) is 2.87. The molecule has 1 aromatic rings. The van der Waals surface area contributed by atoms with Crippen LogP contribution in [0.4, 0.5) is 5.13 Å². The lowest BCUT2D eigenvalue weighted by atomic mass is 10.1. The SMILES string of the molecule is C=CC1CC(=O)N(c2nnc(SCCC)s2)C1. The van der Waals surface area contributed by atoms with Crippen LogP contribution in [0.15, 0.2) is 17.0 Å². The Morgan fingerprint density at radius 1 is 1.65 bits per heavy atom. The van der Waals surface area contributed by atoms with E-state index < -0.39 is 0 Å². The Labute approximate surface area is 109 Å². The molecule has 1 saturated heterocycles. The molecule has 0 saturated carbocycles. The molecule has 1 amide bonds. The summed E-state index contributed by atoms with van der Waals surface area (Å²) in [5.74, 6) is 1.41. The number of amides is 1. The van der Waals surface area contributed by atoms with Crippen LogP contribution >= 0.6 is 23.1 Å². The summed E-state index contributed by atoms with van der Waals surface area (Å²) in [6, 6.07) is 0. The van der Waals surface area contributed by atoms with Gasteiger partial charge in [-0.2, -0.15) is 0 Å². The maximum absolute atomic E-state index is 11.8. The minimum absolute atomic E-state index is 0.123. The highest BCUT2D eigenvalue weighted by atomic mass is 32.2. The monoisotopic (exact) mass is 269 g/mol.